The van der Waals surface area contributed by atoms with Crippen molar-refractivity contribution in [3.8, 4) is 0 Å². The van der Waals surface area contributed by atoms with Gasteiger partial charge in [0.05, 0.1) is 5.69 Å². The third-order valence-corrected chi connectivity index (χ3v) is 4.59. The SMILES string of the molecule is CCN(CCCO)S(=O)(=O)c1cnccc1NC. The summed E-state index contributed by atoms with van der Waals surface area (Å²) in [5.41, 5.74) is 0.521. The number of nitrogens with zero attached hydrogens (tertiary/aromatic N) is 2. The zero-order valence-corrected chi connectivity index (χ0v) is 11.4. The molecule has 0 aliphatic heterocycles. The summed E-state index contributed by atoms with van der Waals surface area (Å²) in [6, 6.07) is 1.62. The maximum absolute atomic E-state index is 12.4. The number of hydrogen-bond acceptors (Lipinski definition) is 5. The van der Waals surface area contributed by atoms with Gasteiger partial charge in [-0.2, -0.15) is 4.31 Å². The predicted molar refractivity (Wildman–Crippen MR) is 69.9 cm³/mol. The number of sulfonamides is 1. The molecular formula is C11H19N3O3S. The molecule has 2 N–H and O–H groups in total. The van der Waals surface area contributed by atoms with Gasteiger partial charge in [0.1, 0.15) is 4.90 Å². The van der Waals surface area contributed by atoms with Gasteiger partial charge >= 0.3 is 0 Å². The molecule has 0 saturated carbocycles. The standard InChI is InChI=1S/C11H19N3O3S/c1-3-14(7-4-8-15)18(16,17)11-9-13-6-5-10(11)12-2/h5-6,9,15H,3-4,7-8H2,1-2H3,(H,12,13). The van der Waals surface area contributed by atoms with Gasteiger partial charge in [-0.3, -0.25) is 4.98 Å². The molecule has 1 heterocycles. The molecule has 0 bridgehead atoms. The molecule has 0 amide bonds. The van der Waals surface area contributed by atoms with Crippen LogP contribution in [-0.4, -0.2) is 49.6 Å². The van der Waals surface area contributed by atoms with E-state index in [2.05, 4.69) is 10.3 Å². The smallest absolute Gasteiger partial charge is 0.246 e. The van der Waals surface area contributed by atoms with Crippen molar-refractivity contribution in [3.63, 3.8) is 0 Å². The summed E-state index contributed by atoms with van der Waals surface area (Å²) in [6.07, 6.45) is 3.29. The molecule has 6 nitrogen and oxygen atoms in total. The second-order valence-electron chi connectivity index (χ2n) is 3.70. The minimum atomic E-state index is -3.57. The molecule has 102 valence electrons. The highest BCUT2D eigenvalue weighted by Crippen LogP contribution is 2.22. The summed E-state index contributed by atoms with van der Waals surface area (Å²) in [4.78, 5) is 4.02. The highest BCUT2D eigenvalue weighted by Gasteiger charge is 2.25. The van der Waals surface area contributed by atoms with Gasteiger partial charge in [0.25, 0.3) is 0 Å². The molecule has 0 aliphatic rings. The van der Waals surface area contributed by atoms with Gasteiger partial charge in [0, 0.05) is 39.1 Å². The lowest BCUT2D eigenvalue weighted by molar-refractivity contribution is 0.271. The number of pyridine rings is 1. The third kappa shape index (κ3) is 3.18. The Kier molecular flexibility index (Phi) is 5.52. The first-order valence-electron chi connectivity index (χ1n) is 5.80. The van der Waals surface area contributed by atoms with Gasteiger partial charge < -0.3 is 10.4 Å². The van der Waals surface area contributed by atoms with Crippen molar-refractivity contribution in [3.05, 3.63) is 18.5 Å². The van der Waals surface area contributed by atoms with E-state index in [4.69, 9.17) is 5.11 Å². The van der Waals surface area contributed by atoms with E-state index < -0.39 is 10.0 Å². The molecular weight excluding hydrogens is 254 g/mol. The first-order valence-corrected chi connectivity index (χ1v) is 7.24. The van der Waals surface area contributed by atoms with Crippen molar-refractivity contribution < 1.29 is 13.5 Å². The van der Waals surface area contributed by atoms with Crippen molar-refractivity contribution in [2.45, 2.75) is 18.2 Å². The minimum Gasteiger partial charge on any atom is -0.396 e. The van der Waals surface area contributed by atoms with E-state index in [1.807, 2.05) is 0 Å². The van der Waals surface area contributed by atoms with E-state index >= 15 is 0 Å². The molecule has 0 atom stereocenters. The quantitative estimate of drug-likeness (QED) is 0.756. The van der Waals surface area contributed by atoms with Crippen molar-refractivity contribution in [1.29, 1.82) is 0 Å². The van der Waals surface area contributed by atoms with E-state index in [1.54, 1.807) is 20.0 Å². The topological polar surface area (TPSA) is 82.5 Å². The van der Waals surface area contributed by atoms with Crippen LogP contribution < -0.4 is 5.32 Å². The van der Waals surface area contributed by atoms with Crippen LogP contribution in [0.15, 0.2) is 23.4 Å². The second-order valence-corrected chi connectivity index (χ2v) is 5.60. The number of hydrogen-bond donors (Lipinski definition) is 2. The summed E-state index contributed by atoms with van der Waals surface area (Å²) < 4.78 is 26.2. The molecule has 0 radical (unpaired) electrons. The summed E-state index contributed by atoms with van der Waals surface area (Å²) in [7, 11) is -1.90. The van der Waals surface area contributed by atoms with Crippen LogP contribution in [0.4, 0.5) is 5.69 Å². The molecule has 0 aromatic carbocycles. The molecule has 1 rings (SSSR count). The molecule has 0 saturated heterocycles. The molecule has 1 aromatic heterocycles. The minimum absolute atomic E-state index is 0.0298. The molecule has 18 heavy (non-hydrogen) atoms. The highest BCUT2D eigenvalue weighted by atomic mass is 32.2. The van der Waals surface area contributed by atoms with Crippen LogP contribution in [0.3, 0.4) is 0 Å². The van der Waals surface area contributed by atoms with E-state index in [1.165, 1.54) is 16.7 Å². The zero-order valence-electron chi connectivity index (χ0n) is 10.6. The lowest BCUT2D eigenvalue weighted by Crippen LogP contribution is -2.32. The van der Waals surface area contributed by atoms with Gasteiger partial charge in [0.15, 0.2) is 0 Å². The highest BCUT2D eigenvalue weighted by molar-refractivity contribution is 7.89. The lowest BCUT2D eigenvalue weighted by Gasteiger charge is -2.21. The molecule has 1 aromatic rings. The summed E-state index contributed by atoms with van der Waals surface area (Å²) in [5.74, 6) is 0. The Labute approximate surface area is 108 Å². The number of aliphatic hydroxyl groups excluding tert-OH is 1. The van der Waals surface area contributed by atoms with E-state index in [0.717, 1.165) is 0 Å². The Morgan fingerprint density at radius 3 is 2.78 bits per heavy atom. The van der Waals surface area contributed by atoms with E-state index in [-0.39, 0.29) is 11.5 Å². The normalized spacial score (nSPS) is 11.8. The largest absolute Gasteiger partial charge is 0.396 e. The first-order chi connectivity index (χ1) is 8.57. The fourth-order valence-corrected chi connectivity index (χ4v) is 3.26. The maximum Gasteiger partial charge on any atom is 0.246 e. The Hall–Kier alpha value is -1.18. The number of nitrogens with one attached hydrogen (secondary N) is 1. The third-order valence-electron chi connectivity index (χ3n) is 2.59. The number of aliphatic hydroxyl groups is 1. The van der Waals surface area contributed by atoms with Crippen LogP contribution >= 0.6 is 0 Å². The fraction of sp³-hybridized carbons (Fsp3) is 0.545. The lowest BCUT2D eigenvalue weighted by atomic mass is 10.4. The summed E-state index contributed by atoms with van der Waals surface area (Å²) >= 11 is 0. The van der Waals surface area contributed by atoms with Crippen LogP contribution in [0, 0.1) is 0 Å². The molecule has 7 heteroatoms. The Morgan fingerprint density at radius 2 is 2.22 bits per heavy atom. The van der Waals surface area contributed by atoms with Crippen molar-refractivity contribution in [2.24, 2.45) is 0 Å². The van der Waals surface area contributed by atoms with E-state index in [0.29, 0.717) is 25.2 Å². The van der Waals surface area contributed by atoms with Gasteiger partial charge in [-0.15, -0.1) is 0 Å². The zero-order chi connectivity index (χ0) is 13.6. The second kappa shape index (κ2) is 6.67. The number of aromatic nitrogens is 1. The summed E-state index contributed by atoms with van der Waals surface area (Å²) in [6.45, 7) is 2.40. The number of anilines is 1. The Balaban J connectivity index is 3.10. The van der Waals surface area contributed by atoms with Gasteiger partial charge in [-0.25, -0.2) is 8.42 Å². The average Bonchev–Trinajstić information content (AvgIpc) is 2.39. The van der Waals surface area contributed by atoms with Crippen LogP contribution in [0.5, 0.6) is 0 Å². The molecule has 0 fully saturated rings. The molecule has 0 unspecified atom stereocenters. The van der Waals surface area contributed by atoms with Gasteiger partial charge in [-0.1, -0.05) is 6.92 Å². The molecule has 0 spiro atoms. The van der Waals surface area contributed by atoms with Crippen molar-refractivity contribution in [2.75, 3.05) is 32.1 Å². The maximum atomic E-state index is 12.4. The van der Waals surface area contributed by atoms with Crippen molar-refractivity contribution >= 4 is 15.7 Å². The van der Waals surface area contributed by atoms with Crippen LogP contribution in [0.1, 0.15) is 13.3 Å². The monoisotopic (exact) mass is 273 g/mol. The first kappa shape index (κ1) is 14.9. The average molecular weight is 273 g/mol. The fourth-order valence-electron chi connectivity index (χ4n) is 1.63. The van der Waals surface area contributed by atoms with Crippen LogP contribution in [0.25, 0.3) is 0 Å². The summed E-state index contributed by atoms with van der Waals surface area (Å²) in [5, 5.41) is 11.6. The van der Waals surface area contributed by atoms with E-state index in [9.17, 15) is 8.42 Å². The Morgan fingerprint density at radius 1 is 1.50 bits per heavy atom. The van der Waals surface area contributed by atoms with Gasteiger partial charge in [0.2, 0.25) is 10.0 Å². The van der Waals surface area contributed by atoms with Crippen molar-refractivity contribution in [1.82, 2.24) is 9.29 Å². The Bertz CT molecular complexity index is 476. The van der Waals surface area contributed by atoms with Gasteiger partial charge in [-0.05, 0) is 12.5 Å². The molecule has 0 aliphatic carbocycles. The van der Waals surface area contributed by atoms with Crippen LogP contribution in [-0.2, 0) is 10.0 Å². The predicted octanol–water partition coefficient (Wildman–Crippen LogP) is 0.516. The van der Waals surface area contributed by atoms with Crippen LogP contribution in [0.2, 0.25) is 0 Å². The number of rotatable bonds is 7.